The Morgan fingerprint density at radius 1 is 1.11 bits per heavy atom. The van der Waals surface area contributed by atoms with E-state index in [2.05, 4.69) is 9.72 Å². The predicted molar refractivity (Wildman–Crippen MR) is 71.6 cm³/mol. The van der Waals surface area contributed by atoms with Gasteiger partial charge in [0.15, 0.2) is 0 Å². The molecule has 0 aliphatic carbocycles. The fraction of sp³-hybridized carbons (Fsp3) is 0.200. The van der Waals surface area contributed by atoms with Crippen molar-refractivity contribution in [1.29, 1.82) is 0 Å². The number of rotatable bonds is 3. The lowest BCUT2D eigenvalue weighted by molar-refractivity contribution is 0.0600. The molecule has 19 heavy (non-hydrogen) atoms. The number of carbonyl (C=O) groups is 1. The summed E-state index contributed by atoms with van der Waals surface area (Å²) in [6.45, 7) is 4.05. The van der Waals surface area contributed by atoms with Crippen LogP contribution in [0.15, 0.2) is 36.5 Å². The van der Waals surface area contributed by atoms with E-state index < -0.39 is 5.97 Å². The van der Waals surface area contributed by atoms with Crippen molar-refractivity contribution in [3.8, 4) is 11.6 Å². The van der Waals surface area contributed by atoms with E-state index in [1.54, 1.807) is 12.1 Å². The standard InChI is InChI=1S/C15H15NO3/c1-10-4-5-13(8-11(10)2)19-14-9-12(6-7-16-14)15(17)18-3/h4-9H,1-3H3. The number of nitrogens with zero attached hydrogens (tertiary/aromatic N) is 1. The summed E-state index contributed by atoms with van der Waals surface area (Å²) in [4.78, 5) is 15.5. The number of methoxy groups -OCH3 is 1. The Kier molecular flexibility index (Phi) is 3.80. The van der Waals surface area contributed by atoms with Gasteiger partial charge < -0.3 is 9.47 Å². The summed E-state index contributed by atoms with van der Waals surface area (Å²) in [5.41, 5.74) is 2.75. The molecular formula is C15H15NO3. The molecule has 1 aromatic carbocycles. The largest absolute Gasteiger partial charge is 0.465 e. The lowest BCUT2D eigenvalue weighted by atomic mass is 10.1. The predicted octanol–water partition coefficient (Wildman–Crippen LogP) is 3.28. The molecule has 4 nitrogen and oxygen atoms in total. The molecule has 0 atom stereocenters. The molecule has 0 amide bonds. The molecule has 1 heterocycles. The maximum atomic E-state index is 11.4. The Morgan fingerprint density at radius 2 is 1.89 bits per heavy atom. The highest BCUT2D eigenvalue weighted by Crippen LogP contribution is 2.22. The molecule has 1 aromatic heterocycles. The summed E-state index contributed by atoms with van der Waals surface area (Å²) in [5, 5.41) is 0. The van der Waals surface area contributed by atoms with Gasteiger partial charge in [0.25, 0.3) is 0 Å². The van der Waals surface area contributed by atoms with Crippen LogP contribution in [0.1, 0.15) is 21.5 Å². The van der Waals surface area contributed by atoms with E-state index in [4.69, 9.17) is 4.74 Å². The first-order valence-corrected chi connectivity index (χ1v) is 5.89. The number of pyridine rings is 1. The Hall–Kier alpha value is -2.36. The van der Waals surface area contributed by atoms with Crippen molar-refractivity contribution in [3.63, 3.8) is 0 Å². The van der Waals surface area contributed by atoms with Crippen molar-refractivity contribution in [2.45, 2.75) is 13.8 Å². The molecule has 0 fully saturated rings. The van der Waals surface area contributed by atoms with E-state index in [0.717, 1.165) is 5.56 Å². The lowest BCUT2D eigenvalue weighted by Crippen LogP contribution is -2.01. The normalized spacial score (nSPS) is 10.1. The molecule has 0 bridgehead atoms. The van der Waals surface area contributed by atoms with Crippen LogP contribution in [0.25, 0.3) is 0 Å². The van der Waals surface area contributed by atoms with Gasteiger partial charge in [0, 0.05) is 12.3 Å². The maximum absolute atomic E-state index is 11.4. The summed E-state index contributed by atoms with van der Waals surface area (Å²) < 4.78 is 10.3. The first-order chi connectivity index (χ1) is 9.10. The van der Waals surface area contributed by atoms with Gasteiger partial charge in [-0.05, 0) is 43.2 Å². The topological polar surface area (TPSA) is 48.4 Å². The van der Waals surface area contributed by atoms with Gasteiger partial charge in [-0.3, -0.25) is 0 Å². The molecule has 0 saturated heterocycles. The Morgan fingerprint density at radius 3 is 2.58 bits per heavy atom. The van der Waals surface area contributed by atoms with Gasteiger partial charge in [0.2, 0.25) is 5.88 Å². The number of aromatic nitrogens is 1. The number of hydrogen-bond acceptors (Lipinski definition) is 4. The van der Waals surface area contributed by atoms with Gasteiger partial charge in [-0.25, -0.2) is 9.78 Å². The average molecular weight is 257 g/mol. The number of hydrogen-bond donors (Lipinski definition) is 0. The zero-order chi connectivity index (χ0) is 13.8. The summed E-state index contributed by atoms with van der Waals surface area (Å²) in [5.74, 6) is 0.649. The Balaban J connectivity index is 2.23. The summed E-state index contributed by atoms with van der Waals surface area (Å²) >= 11 is 0. The third-order valence-corrected chi connectivity index (χ3v) is 2.86. The number of aryl methyl sites for hydroxylation is 2. The van der Waals surface area contributed by atoms with E-state index in [0.29, 0.717) is 17.2 Å². The monoisotopic (exact) mass is 257 g/mol. The van der Waals surface area contributed by atoms with Crippen molar-refractivity contribution in [1.82, 2.24) is 4.98 Å². The zero-order valence-corrected chi connectivity index (χ0v) is 11.1. The molecule has 0 radical (unpaired) electrons. The van der Waals surface area contributed by atoms with Crippen molar-refractivity contribution < 1.29 is 14.3 Å². The quantitative estimate of drug-likeness (QED) is 0.792. The molecule has 0 spiro atoms. The second kappa shape index (κ2) is 5.52. The number of carbonyl (C=O) groups excluding carboxylic acids is 1. The maximum Gasteiger partial charge on any atom is 0.338 e. The number of ether oxygens (including phenoxy) is 2. The fourth-order valence-corrected chi connectivity index (χ4v) is 1.61. The molecule has 0 N–H and O–H groups in total. The van der Waals surface area contributed by atoms with Gasteiger partial charge in [-0.15, -0.1) is 0 Å². The van der Waals surface area contributed by atoms with E-state index in [1.165, 1.54) is 18.9 Å². The van der Waals surface area contributed by atoms with Crippen molar-refractivity contribution >= 4 is 5.97 Å². The van der Waals surface area contributed by atoms with Gasteiger partial charge in [0.1, 0.15) is 5.75 Å². The zero-order valence-electron chi connectivity index (χ0n) is 11.1. The highest BCUT2D eigenvalue weighted by molar-refractivity contribution is 5.89. The molecule has 0 unspecified atom stereocenters. The molecule has 2 aromatic rings. The van der Waals surface area contributed by atoms with Crippen LogP contribution in [-0.2, 0) is 4.74 Å². The summed E-state index contributed by atoms with van der Waals surface area (Å²) in [7, 11) is 1.34. The third-order valence-electron chi connectivity index (χ3n) is 2.86. The highest BCUT2D eigenvalue weighted by atomic mass is 16.5. The smallest absolute Gasteiger partial charge is 0.338 e. The van der Waals surface area contributed by atoms with Crippen LogP contribution in [0, 0.1) is 13.8 Å². The molecule has 0 saturated carbocycles. The van der Waals surface area contributed by atoms with Crippen LogP contribution in [-0.4, -0.2) is 18.1 Å². The minimum absolute atomic E-state index is 0.367. The fourth-order valence-electron chi connectivity index (χ4n) is 1.61. The molecule has 0 aliphatic heterocycles. The van der Waals surface area contributed by atoms with Crippen LogP contribution >= 0.6 is 0 Å². The van der Waals surface area contributed by atoms with Crippen LogP contribution in [0.2, 0.25) is 0 Å². The highest BCUT2D eigenvalue weighted by Gasteiger charge is 2.08. The van der Waals surface area contributed by atoms with Gasteiger partial charge in [-0.1, -0.05) is 6.07 Å². The van der Waals surface area contributed by atoms with Crippen LogP contribution < -0.4 is 4.74 Å². The van der Waals surface area contributed by atoms with Crippen LogP contribution in [0.4, 0.5) is 0 Å². The molecule has 98 valence electrons. The summed E-state index contributed by atoms with van der Waals surface area (Å²) in [6, 6.07) is 8.92. The molecule has 2 rings (SSSR count). The van der Waals surface area contributed by atoms with Crippen molar-refractivity contribution in [2.24, 2.45) is 0 Å². The summed E-state index contributed by atoms with van der Waals surface area (Å²) in [6.07, 6.45) is 1.52. The Labute approximate surface area is 112 Å². The van der Waals surface area contributed by atoms with Gasteiger partial charge >= 0.3 is 5.97 Å². The second-order valence-electron chi connectivity index (χ2n) is 4.22. The third kappa shape index (κ3) is 3.10. The van der Waals surface area contributed by atoms with E-state index in [1.807, 2.05) is 32.0 Å². The first kappa shape index (κ1) is 13.1. The van der Waals surface area contributed by atoms with Crippen molar-refractivity contribution in [2.75, 3.05) is 7.11 Å². The van der Waals surface area contributed by atoms with E-state index in [-0.39, 0.29) is 0 Å². The SMILES string of the molecule is COC(=O)c1ccnc(Oc2ccc(C)c(C)c2)c1. The first-order valence-electron chi connectivity index (χ1n) is 5.89. The van der Waals surface area contributed by atoms with E-state index in [9.17, 15) is 4.79 Å². The van der Waals surface area contributed by atoms with Crippen LogP contribution in [0.5, 0.6) is 11.6 Å². The number of esters is 1. The Bertz CT molecular complexity index is 608. The van der Waals surface area contributed by atoms with Crippen molar-refractivity contribution in [3.05, 3.63) is 53.2 Å². The van der Waals surface area contributed by atoms with Crippen LogP contribution in [0.3, 0.4) is 0 Å². The minimum Gasteiger partial charge on any atom is -0.465 e. The lowest BCUT2D eigenvalue weighted by Gasteiger charge is -2.07. The van der Waals surface area contributed by atoms with Gasteiger partial charge in [-0.2, -0.15) is 0 Å². The number of benzene rings is 1. The van der Waals surface area contributed by atoms with E-state index >= 15 is 0 Å². The second-order valence-corrected chi connectivity index (χ2v) is 4.22. The minimum atomic E-state index is -0.410. The van der Waals surface area contributed by atoms with Gasteiger partial charge in [0.05, 0.1) is 12.7 Å². The average Bonchev–Trinajstić information content (AvgIpc) is 2.42. The molecule has 0 aliphatic rings. The molecule has 4 heteroatoms. The molecular weight excluding hydrogens is 242 g/mol.